The van der Waals surface area contributed by atoms with Crippen LogP contribution >= 0.6 is 34.5 Å². The van der Waals surface area contributed by atoms with E-state index in [0.717, 1.165) is 11.1 Å². The van der Waals surface area contributed by atoms with Crippen LogP contribution in [0.25, 0.3) is 0 Å². The molecule has 0 spiro atoms. The number of hydrogen-bond donors (Lipinski definition) is 1. The minimum Gasteiger partial charge on any atom is -0.320 e. The summed E-state index contributed by atoms with van der Waals surface area (Å²) in [6.45, 7) is 4.15. The van der Waals surface area contributed by atoms with Gasteiger partial charge in [-0.1, -0.05) is 23.2 Å². The van der Waals surface area contributed by atoms with Gasteiger partial charge in [0.05, 0.1) is 6.04 Å². The molecule has 1 aromatic carbocycles. The summed E-state index contributed by atoms with van der Waals surface area (Å²) in [5.74, 6) is 0. The normalized spacial score (nSPS) is 12.8. The number of hydrogen-bond acceptors (Lipinski definition) is 2. The van der Waals surface area contributed by atoms with Crippen molar-refractivity contribution in [2.75, 3.05) is 0 Å². The van der Waals surface area contributed by atoms with Gasteiger partial charge in [0.1, 0.15) is 0 Å². The predicted octanol–water partition coefficient (Wildman–Crippen LogP) is 4.72. The fourth-order valence-electron chi connectivity index (χ4n) is 1.88. The minimum absolute atomic E-state index is 0.217. The topological polar surface area (TPSA) is 26.0 Å². The Bertz CT molecular complexity index is 548. The van der Waals surface area contributed by atoms with Gasteiger partial charge in [0.25, 0.3) is 0 Å². The second kappa shape index (κ2) is 4.99. The van der Waals surface area contributed by atoms with Gasteiger partial charge in [0.2, 0.25) is 0 Å². The van der Waals surface area contributed by atoms with Gasteiger partial charge in [0, 0.05) is 19.8 Å². The molecule has 0 aliphatic rings. The van der Waals surface area contributed by atoms with Crippen LogP contribution in [-0.2, 0) is 0 Å². The summed E-state index contributed by atoms with van der Waals surface area (Å²) >= 11 is 13.9. The van der Waals surface area contributed by atoms with Gasteiger partial charge in [-0.15, -0.1) is 11.3 Å². The van der Waals surface area contributed by atoms with Crippen LogP contribution in [0.5, 0.6) is 0 Å². The van der Waals surface area contributed by atoms with Gasteiger partial charge in [-0.2, -0.15) is 0 Å². The van der Waals surface area contributed by atoms with Crippen molar-refractivity contribution in [1.82, 2.24) is 0 Å². The highest BCUT2D eigenvalue weighted by Gasteiger charge is 2.16. The van der Waals surface area contributed by atoms with Crippen LogP contribution in [0.3, 0.4) is 0 Å². The fraction of sp³-hybridized carbons (Fsp3) is 0.231. The quantitative estimate of drug-likeness (QED) is 0.849. The number of nitrogens with two attached hydrogens (primary N) is 1. The molecule has 2 N–H and O–H groups in total. The van der Waals surface area contributed by atoms with Crippen LogP contribution in [0.15, 0.2) is 24.3 Å². The zero-order valence-corrected chi connectivity index (χ0v) is 12.0. The Morgan fingerprint density at radius 1 is 1.12 bits per heavy atom. The van der Waals surface area contributed by atoms with Gasteiger partial charge in [-0.05, 0) is 49.2 Å². The highest BCUT2D eigenvalue weighted by atomic mass is 35.5. The molecule has 0 saturated carbocycles. The first kappa shape index (κ1) is 12.9. The number of rotatable bonds is 2. The SMILES string of the molecule is Cc1cc(C(N)c2cc(Cl)ccc2Cl)c(C)s1. The summed E-state index contributed by atoms with van der Waals surface area (Å²) < 4.78 is 0. The maximum absolute atomic E-state index is 6.26. The molecule has 17 heavy (non-hydrogen) atoms. The third kappa shape index (κ3) is 2.66. The van der Waals surface area contributed by atoms with Crippen molar-refractivity contribution in [3.63, 3.8) is 0 Å². The van der Waals surface area contributed by atoms with E-state index in [2.05, 4.69) is 19.9 Å². The third-order valence-corrected chi connectivity index (χ3v) is 4.27. The Balaban J connectivity index is 2.46. The van der Waals surface area contributed by atoms with E-state index in [9.17, 15) is 0 Å². The summed E-state index contributed by atoms with van der Waals surface area (Å²) in [7, 11) is 0. The van der Waals surface area contributed by atoms with E-state index in [1.807, 2.05) is 6.07 Å². The molecular weight excluding hydrogens is 273 g/mol. The Morgan fingerprint density at radius 2 is 1.82 bits per heavy atom. The Morgan fingerprint density at radius 3 is 2.41 bits per heavy atom. The minimum atomic E-state index is -0.217. The lowest BCUT2D eigenvalue weighted by Gasteiger charge is -2.14. The van der Waals surface area contributed by atoms with Crippen molar-refractivity contribution < 1.29 is 0 Å². The van der Waals surface area contributed by atoms with Crippen LogP contribution < -0.4 is 5.73 Å². The zero-order valence-electron chi connectivity index (χ0n) is 9.63. The molecule has 1 heterocycles. The van der Waals surface area contributed by atoms with Crippen molar-refractivity contribution in [1.29, 1.82) is 0 Å². The van der Waals surface area contributed by atoms with E-state index in [0.29, 0.717) is 10.0 Å². The van der Waals surface area contributed by atoms with Crippen LogP contribution in [0.1, 0.15) is 26.9 Å². The molecule has 4 heteroatoms. The smallest absolute Gasteiger partial charge is 0.0577 e. The van der Waals surface area contributed by atoms with E-state index in [-0.39, 0.29) is 6.04 Å². The third-order valence-electron chi connectivity index (χ3n) is 2.71. The lowest BCUT2D eigenvalue weighted by molar-refractivity contribution is 0.869. The first-order valence-corrected chi connectivity index (χ1v) is 6.83. The van der Waals surface area contributed by atoms with Crippen molar-refractivity contribution in [2.24, 2.45) is 5.73 Å². The average Bonchev–Trinajstić information content (AvgIpc) is 2.60. The maximum Gasteiger partial charge on any atom is 0.0577 e. The van der Waals surface area contributed by atoms with Crippen LogP contribution in [0, 0.1) is 13.8 Å². The summed E-state index contributed by atoms with van der Waals surface area (Å²) in [5, 5.41) is 1.31. The lowest BCUT2D eigenvalue weighted by Crippen LogP contribution is -2.12. The average molecular weight is 286 g/mol. The summed E-state index contributed by atoms with van der Waals surface area (Å²) in [5.41, 5.74) is 8.26. The molecule has 0 fully saturated rings. The number of aryl methyl sites for hydroxylation is 2. The number of benzene rings is 1. The summed E-state index contributed by atoms with van der Waals surface area (Å²) in [6, 6.07) is 7.29. The van der Waals surface area contributed by atoms with Crippen LogP contribution in [0.4, 0.5) is 0 Å². The van der Waals surface area contributed by atoms with Crippen molar-refractivity contribution >= 4 is 34.5 Å². The Labute approximate surface area is 115 Å². The second-order valence-corrected chi connectivity index (χ2v) is 6.32. The van der Waals surface area contributed by atoms with Gasteiger partial charge in [-0.25, -0.2) is 0 Å². The molecule has 0 aliphatic carbocycles. The first-order chi connectivity index (χ1) is 7.99. The van der Waals surface area contributed by atoms with Crippen LogP contribution in [-0.4, -0.2) is 0 Å². The van der Waals surface area contributed by atoms with Gasteiger partial charge in [0.15, 0.2) is 0 Å². The number of halogens is 2. The highest BCUT2D eigenvalue weighted by molar-refractivity contribution is 7.12. The Hall–Kier alpha value is -0.540. The first-order valence-electron chi connectivity index (χ1n) is 5.26. The largest absolute Gasteiger partial charge is 0.320 e. The van der Waals surface area contributed by atoms with Gasteiger partial charge in [-0.3, -0.25) is 0 Å². The monoisotopic (exact) mass is 285 g/mol. The van der Waals surface area contributed by atoms with Crippen molar-refractivity contribution in [2.45, 2.75) is 19.9 Å². The molecule has 0 saturated heterocycles. The van der Waals surface area contributed by atoms with E-state index >= 15 is 0 Å². The van der Waals surface area contributed by atoms with Crippen molar-refractivity contribution in [3.05, 3.63) is 55.2 Å². The van der Waals surface area contributed by atoms with Crippen molar-refractivity contribution in [3.8, 4) is 0 Å². The molecule has 1 nitrogen and oxygen atoms in total. The van der Waals surface area contributed by atoms with E-state index in [1.54, 1.807) is 23.5 Å². The maximum atomic E-state index is 6.26. The summed E-state index contributed by atoms with van der Waals surface area (Å²) in [6.07, 6.45) is 0. The van der Waals surface area contributed by atoms with E-state index in [4.69, 9.17) is 28.9 Å². The van der Waals surface area contributed by atoms with Gasteiger partial charge >= 0.3 is 0 Å². The van der Waals surface area contributed by atoms with E-state index in [1.165, 1.54) is 9.75 Å². The second-order valence-electron chi connectivity index (χ2n) is 4.01. The molecule has 2 aromatic rings. The Kier molecular flexibility index (Phi) is 3.79. The molecule has 0 radical (unpaired) electrons. The molecule has 0 amide bonds. The zero-order chi connectivity index (χ0) is 12.6. The van der Waals surface area contributed by atoms with E-state index < -0.39 is 0 Å². The van der Waals surface area contributed by atoms with Gasteiger partial charge < -0.3 is 5.73 Å². The molecule has 2 rings (SSSR count). The number of thiophene rings is 1. The molecule has 1 aromatic heterocycles. The molecule has 1 atom stereocenters. The predicted molar refractivity (Wildman–Crippen MR) is 76.3 cm³/mol. The molecule has 1 unspecified atom stereocenters. The lowest BCUT2D eigenvalue weighted by atomic mass is 10.00. The standard InChI is InChI=1S/C13H13Cl2NS/c1-7-5-10(8(2)17-7)13(16)11-6-9(14)3-4-12(11)15/h3-6,13H,16H2,1-2H3. The molecule has 90 valence electrons. The molecule has 0 aliphatic heterocycles. The summed E-state index contributed by atoms with van der Waals surface area (Å²) in [4.78, 5) is 2.48. The fourth-order valence-corrected chi connectivity index (χ4v) is 3.27. The van der Waals surface area contributed by atoms with Crippen LogP contribution in [0.2, 0.25) is 10.0 Å². The molecule has 0 bridgehead atoms. The highest BCUT2D eigenvalue weighted by Crippen LogP contribution is 2.33. The molecular formula is C13H13Cl2NS.